The van der Waals surface area contributed by atoms with Gasteiger partial charge in [-0.2, -0.15) is 0 Å². The first kappa shape index (κ1) is 20.8. The van der Waals surface area contributed by atoms with Crippen molar-refractivity contribution in [3.05, 3.63) is 90.3 Å². The summed E-state index contributed by atoms with van der Waals surface area (Å²) in [5, 5.41) is 10.8. The minimum absolute atomic E-state index is 0.0769. The number of para-hydroxylation sites is 1. The maximum atomic E-state index is 12.9. The number of Topliss-reactive ketones (excluding diaryl/α,β-unsaturated/α-hetero) is 1. The van der Waals surface area contributed by atoms with Gasteiger partial charge in [0, 0.05) is 37.8 Å². The van der Waals surface area contributed by atoms with Crippen LogP contribution in [0.1, 0.15) is 24.1 Å². The number of aromatic nitrogens is 1. The highest BCUT2D eigenvalue weighted by Gasteiger charge is 2.50. The lowest BCUT2D eigenvalue weighted by molar-refractivity contribution is -0.153. The fourth-order valence-corrected chi connectivity index (χ4v) is 3.72. The number of hydrogen-bond acceptors (Lipinski definition) is 5. The van der Waals surface area contributed by atoms with E-state index in [4.69, 9.17) is 4.74 Å². The van der Waals surface area contributed by atoms with Crippen LogP contribution in [0.2, 0.25) is 0 Å². The number of carbonyl (C=O) groups excluding carboxylic acids is 2. The van der Waals surface area contributed by atoms with Gasteiger partial charge in [0.1, 0.15) is 11.5 Å². The molecule has 6 nitrogen and oxygen atoms in total. The lowest BCUT2D eigenvalue weighted by Crippen LogP contribution is -2.46. The van der Waals surface area contributed by atoms with E-state index in [1.807, 2.05) is 66.7 Å². The quantitative estimate of drug-likeness (QED) is 0.568. The molecule has 31 heavy (non-hydrogen) atoms. The Hall–Kier alpha value is -3.51. The number of aliphatic hydroxyl groups is 1. The Morgan fingerprint density at radius 3 is 2.58 bits per heavy atom. The normalized spacial score (nSPS) is 18.2. The minimum atomic E-state index is -1.95. The molecule has 1 amide bonds. The van der Waals surface area contributed by atoms with E-state index in [-0.39, 0.29) is 12.8 Å². The first-order valence-corrected chi connectivity index (χ1v) is 10.3. The smallest absolute Gasteiger partial charge is 0.262 e. The maximum absolute atomic E-state index is 12.9. The number of ether oxygens (including phenoxy) is 1. The molecule has 3 aromatic rings. The summed E-state index contributed by atoms with van der Waals surface area (Å²) in [6.45, 7) is 0.634. The van der Waals surface area contributed by atoms with Gasteiger partial charge in [-0.3, -0.25) is 14.6 Å². The van der Waals surface area contributed by atoms with Gasteiger partial charge in [-0.25, -0.2) is 0 Å². The predicted molar refractivity (Wildman–Crippen MR) is 116 cm³/mol. The van der Waals surface area contributed by atoms with Crippen molar-refractivity contribution < 1.29 is 19.4 Å². The molecule has 0 bridgehead atoms. The standard InChI is InChI=1S/C25H24N2O4/c28-23(13-12-20-8-4-5-15-26-20)25(30)14-16-27(24(25)29)18-19-7-6-11-22(17-19)31-21-9-2-1-3-10-21/h1-11,15,17,30H,12-14,16,18H2. The third-order valence-corrected chi connectivity index (χ3v) is 5.43. The summed E-state index contributed by atoms with van der Waals surface area (Å²) in [7, 11) is 0. The second kappa shape index (κ2) is 9.10. The number of ketones is 1. The fourth-order valence-electron chi connectivity index (χ4n) is 3.72. The Morgan fingerprint density at radius 2 is 1.81 bits per heavy atom. The molecule has 0 radical (unpaired) electrons. The largest absolute Gasteiger partial charge is 0.457 e. The number of benzene rings is 2. The van der Waals surface area contributed by atoms with Gasteiger partial charge >= 0.3 is 0 Å². The van der Waals surface area contributed by atoms with Crippen LogP contribution in [0.3, 0.4) is 0 Å². The van der Waals surface area contributed by atoms with Crippen molar-refractivity contribution in [3.63, 3.8) is 0 Å². The highest BCUT2D eigenvalue weighted by Crippen LogP contribution is 2.28. The van der Waals surface area contributed by atoms with Crippen LogP contribution in [-0.2, 0) is 22.6 Å². The van der Waals surface area contributed by atoms with E-state index < -0.39 is 17.3 Å². The zero-order valence-corrected chi connectivity index (χ0v) is 17.1. The molecule has 1 aliphatic heterocycles. The molecular formula is C25H24N2O4. The molecule has 1 fully saturated rings. The molecule has 6 heteroatoms. The van der Waals surface area contributed by atoms with Crippen molar-refractivity contribution in [1.82, 2.24) is 9.88 Å². The third kappa shape index (κ3) is 4.81. The van der Waals surface area contributed by atoms with E-state index in [0.717, 1.165) is 17.0 Å². The predicted octanol–water partition coefficient (Wildman–Crippen LogP) is 3.54. The number of likely N-dealkylation sites (tertiary alicyclic amines) is 1. The number of amides is 1. The molecule has 2 aromatic carbocycles. The molecule has 4 rings (SSSR count). The van der Waals surface area contributed by atoms with Crippen molar-refractivity contribution in [3.8, 4) is 11.5 Å². The second-order valence-corrected chi connectivity index (χ2v) is 7.64. The molecular weight excluding hydrogens is 392 g/mol. The zero-order chi connectivity index (χ0) is 21.7. The molecule has 1 aromatic heterocycles. The Kier molecular flexibility index (Phi) is 6.09. The van der Waals surface area contributed by atoms with Crippen LogP contribution in [0, 0.1) is 0 Å². The highest BCUT2D eigenvalue weighted by molar-refractivity contribution is 6.10. The van der Waals surface area contributed by atoms with Crippen molar-refractivity contribution in [2.24, 2.45) is 0 Å². The van der Waals surface area contributed by atoms with E-state index in [2.05, 4.69) is 4.98 Å². The number of rotatable bonds is 8. The highest BCUT2D eigenvalue weighted by atomic mass is 16.5. The van der Waals surface area contributed by atoms with Crippen LogP contribution in [0.25, 0.3) is 0 Å². The van der Waals surface area contributed by atoms with Crippen molar-refractivity contribution >= 4 is 11.7 Å². The molecule has 1 N–H and O–H groups in total. The molecule has 0 spiro atoms. The summed E-state index contributed by atoms with van der Waals surface area (Å²) >= 11 is 0. The lowest BCUT2D eigenvalue weighted by atomic mass is 9.93. The Bertz CT molecular complexity index is 1060. The van der Waals surface area contributed by atoms with E-state index in [9.17, 15) is 14.7 Å². The summed E-state index contributed by atoms with van der Waals surface area (Å²) in [6.07, 6.45) is 2.24. The van der Waals surface area contributed by atoms with Crippen LogP contribution in [0.15, 0.2) is 79.0 Å². The van der Waals surface area contributed by atoms with E-state index in [1.54, 1.807) is 12.3 Å². The summed E-state index contributed by atoms with van der Waals surface area (Å²) in [5.74, 6) is 0.404. The van der Waals surface area contributed by atoms with Gasteiger partial charge in [-0.1, -0.05) is 36.4 Å². The molecule has 2 heterocycles. The second-order valence-electron chi connectivity index (χ2n) is 7.64. The van der Waals surface area contributed by atoms with E-state index in [1.165, 1.54) is 4.90 Å². The number of pyridine rings is 1. The zero-order valence-electron chi connectivity index (χ0n) is 17.1. The molecule has 1 atom stereocenters. The SMILES string of the molecule is O=C(CCc1ccccn1)C1(O)CCN(Cc2cccc(Oc3ccccc3)c2)C1=O. The molecule has 1 unspecified atom stereocenters. The minimum Gasteiger partial charge on any atom is -0.457 e. The summed E-state index contributed by atoms with van der Waals surface area (Å²) in [4.78, 5) is 31.2. The van der Waals surface area contributed by atoms with Crippen molar-refractivity contribution in [2.75, 3.05) is 6.54 Å². The Morgan fingerprint density at radius 1 is 1.03 bits per heavy atom. The fraction of sp³-hybridized carbons (Fsp3) is 0.240. The van der Waals surface area contributed by atoms with Gasteiger partial charge in [0.05, 0.1) is 0 Å². The third-order valence-electron chi connectivity index (χ3n) is 5.43. The van der Waals surface area contributed by atoms with Crippen LogP contribution in [0.5, 0.6) is 11.5 Å². The van der Waals surface area contributed by atoms with E-state index in [0.29, 0.717) is 25.3 Å². The van der Waals surface area contributed by atoms with Gasteiger partial charge in [0.2, 0.25) is 5.60 Å². The summed E-state index contributed by atoms with van der Waals surface area (Å²) in [6, 6.07) is 22.4. The lowest BCUT2D eigenvalue weighted by Gasteiger charge is -2.21. The first-order chi connectivity index (χ1) is 15.0. The Balaban J connectivity index is 1.38. The first-order valence-electron chi connectivity index (χ1n) is 10.3. The molecule has 1 aliphatic rings. The van der Waals surface area contributed by atoms with Gasteiger partial charge < -0.3 is 14.7 Å². The topological polar surface area (TPSA) is 79.7 Å². The Labute approximate surface area is 181 Å². The van der Waals surface area contributed by atoms with E-state index >= 15 is 0 Å². The number of carbonyl (C=O) groups is 2. The molecule has 1 saturated heterocycles. The van der Waals surface area contributed by atoms with Gasteiger partial charge in [-0.05, 0) is 48.4 Å². The average molecular weight is 416 g/mol. The number of hydrogen-bond donors (Lipinski definition) is 1. The monoisotopic (exact) mass is 416 g/mol. The van der Waals surface area contributed by atoms with Crippen molar-refractivity contribution in [1.29, 1.82) is 0 Å². The van der Waals surface area contributed by atoms with Crippen LogP contribution < -0.4 is 4.74 Å². The number of nitrogens with zero attached hydrogens (tertiary/aromatic N) is 2. The average Bonchev–Trinajstić information content (AvgIpc) is 3.09. The maximum Gasteiger partial charge on any atom is 0.262 e. The molecule has 0 saturated carbocycles. The van der Waals surface area contributed by atoms with Gasteiger partial charge in [0.15, 0.2) is 5.78 Å². The molecule has 0 aliphatic carbocycles. The van der Waals surface area contributed by atoms with Crippen LogP contribution >= 0.6 is 0 Å². The summed E-state index contributed by atoms with van der Waals surface area (Å²) < 4.78 is 5.85. The molecule has 158 valence electrons. The van der Waals surface area contributed by atoms with Gasteiger partial charge in [-0.15, -0.1) is 0 Å². The van der Waals surface area contributed by atoms with Gasteiger partial charge in [0.25, 0.3) is 5.91 Å². The van der Waals surface area contributed by atoms with Crippen molar-refractivity contribution in [2.45, 2.75) is 31.4 Å². The van der Waals surface area contributed by atoms with Crippen LogP contribution in [-0.4, -0.2) is 38.8 Å². The number of aryl methyl sites for hydroxylation is 1. The summed E-state index contributed by atoms with van der Waals surface area (Å²) in [5.41, 5.74) is -0.323. The van der Waals surface area contributed by atoms with Crippen LogP contribution in [0.4, 0.5) is 0 Å².